The van der Waals surface area contributed by atoms with Gasteiger partial charge >= 0.3 is 0 Å². The summed E-state index contributed by atoms with van der Waals surface area (Å²) < 4.78 is 0. The average molecular weight is 308 g/mol. The number of likely N-dealkylation sites (tertiary alicyclic amines) is 1. The van der Waals surface area contributed by atoms with Gasteiger partial charge in [-0.05, 0) is 17.5 Å². The number of rotatable bonds is 4. The predicted molar refractivity (Wildman–Crippen MR) is 92.9 cm³/mol. The van der Waals surface area contributed by atoms with Crippen molar-refractivity contribution in [3.63, 3.8) is 0 Å². The molecule has 120 valence electrons. The standard InChI is InChI=1S/C20H24N2O/c1-15(19(21)17-10-6-3-7-11-17)20(23)22-13-12-18(14-22)16-8-4-2-5-9-16/h2-11,15,18-19H,12-14,21H2,1H3. The molecule has 3 unspecified atom stereocenters. The third-order valence-electron chi connectivity index (χ3n) is 4.88. The van der Waals surface area contributed by atoms with Crippen molar-refractivity contribution < 1.29 is 4.79 Å². The molecule has 1 aliphatic heterocycles. The van der Waals surface area contributed by atoms with Crippen LogP contribution in [0.2, 0.25) is 0 Å². The second kappa shape index (κ2) is 6.97. The second-order valence-electron chi connectivity index (χ2n) is 6.41. The number of carbonyl (C=O) groups is 1. The van der Waals surface area contributed by atoms with Gasteiger partial charge in [0.2, 0.25) is 5.91 Å². The Hall–Kier alpha value is -2.13. The SMILES string of the molecule is CC(C(=O)N1CCC(c2ccccc2)C1)C(N)c1ccccc1. The van der Waals surface area contributed by atoms with Crippen LogP contribution in [0.4, 0.5) is 0 Å². The number of amides is 1. The molecule has 1 amide bonds. The molecule has 1 fully saturated rings. The van der Waals surface area contributed by atoms with E-state index in [9.17, 15) is 4.79 Å². The topological polar surface area (TPSA) is 46.3 Å². The summed E-state index contributed by atoms with van der Waals surface area (Å²) in [5, 5.41) is 0. The second-order valence-corrected chi connectivity index (χ2v) is 6.41. The molecule has 23 heavy (non-hydrogen) atoms. The van der Waals surface area contributed by atoms with Crippen molar-refractivity contribution in [2.75, 3.05) is 13.1 Å². The minimum absolute atomic E-state index is 0.166. The molecule has 0 saturated carbocycles. The van der Waals surface area contributed by atoms with E-state index in [1.165, 1.54) is 5.56 Å². The highest BCUT2D eigenvalue weighted by atomic mass is 16.2. The first-order valence-electron chi connectivity index (χ1n) is 8.31. The Kier molecular flexibility index (Phi) is 4.77. The Balaban J connectivity index is 1.65. The van der Waals surface area contributed by atoms with Crippen molar-refractivity contribution in [2.45, 2.75) is 25.3 Å². The van der Waals surface area contributed by atoms with Gasteiger partial charge in [0.1, 0.15) is 0 Å². The monoisotopic (exact) mass is 308 g/mol. The van der Waals surface area contributed by atoms with Gasteiger partial charge in [-0.2, -0.15) is 0 Å². The fourth-order valence-corrected chi connectivity index (χ4v) is 3.36. The zero-order chi connectivity index (χ0) is 16.2. The van der Waals surface area contributed by atoms with E-state index >= 15 is 0 Å². The fraction of sp³-hybridized carbons (Fsp3) is 0.350. The van der Waals surface area contributed by atoms with Crippen molar-refractivity contribution in [3.05, 3.63) is 71.8 Å². The number of carbonyl (C=O) groups excluding carboxylic acids is 1. The molecular formula is C20H24N2O. The zero-order valence-electron chi connectivity index (χ0n) is 13.6. The van der Waals surface area contributed by atoms with Crippen molar-refractivity contribution in [2.24, 2.45) is 11.7 Å². The van der Waals surface area contributed by atoms with Gasteiger partial charge in [0.15, 0.2) is 0 Å². The molecule has 0 spiro atoms. The molecule has 3 heteroatoms. The zero-order valence-corrected chi connectivity index (χ0v) is 13.6. The number of nitrogens with zero attached hydrogens (tertiary/aromatic N) is 1. The van der Waals surface area contributed by atoms with Crippen LogP contribution in [0.15, 0.2) is 60.7 Å². The van der Waals surface area contributed by atoms with Crippen molar-refractivity contribution in [1.29, 1.82) is 0 Å². The fourth-order valence-electron chi connectivity index (χ4n) is 3.36. The molecule has 0 aliphatic carbocycles. The number of hydrogen-bond acceptors (Lipinski definition) is 2. The maximum absolute atomic E-state index is 12.8. The first-order chi connectivity index (χ1) is 11.2. The van der Waals surface area contributed by atoms with Gasteiger partial charge < -0.3 is 10.6 Å². The van der Waals surface area contributed by atoms with Crippen molar-refractivity contribution in [3.8, 4) is 0 Å². The normalized spacial score (nSPS) is 20.3. The molecule has 3 rings (SSSR count). The summed E-state index contributed by atoms with van der Waals surface area (Å²) in [5.74, 6) is 0.409. The third-order valence-corrected chi connectivity index (χ3v) is 4.88. The molecular weight excluding hydrogens is 284 g/mol. The van der Waals surface area contributed by atoms with Crippen LogP contribution in [-0.4, -0.2) is 23.9 Å². The number of hydrogen-bond donors (Lipinski definition) is 1. The van der Waals surface area contributed by atoms with Crippen LogP contribution < -0.4 is 5.73 Å². The highest BCUT2D eigenvalue weighted by molar-refractivity contribution is 5.79. The molecule has 1 heterocycles. The van der Waals surface area contributed by atoms with E-state index in [1.807, 2.05) is 48.2 Å². The van der Waals surface area contributed by atoms with Gasteiger partial charge in [0, 0.05) is 25.0 Å². The van der Waals surface area contributed by atoms with E-state index in [-0.39, 0.29) is 17.9 Å². The Bertz CT molecular complexity index is 641. The quantitative estimate of drug-likeness (QED) is 0.941. The Morgan fingerprint density at radius 2 is 1.70 bits per heavy atom. The highest BCUT2D eigenvalue weighted by Gasteiger charge is 2.32. The van der Waals surface area contributed by atoms with E-state index in [0.717, 1.165) is 25.1 Å². The average Bonchev–Trinajstić information content (AvgIpc) is 3.11. The lowest BCUT2D eigenvalue weighted by atomic mass is 9.94. The largest absolute Gasteiger partial charge is 0.342 e. The smallest absolute Gasteiger partial charge is 0.227 e. The molecule has 1 aliphatic rings. The van der Waals surface area contributed by atoms with Gasteiger partial charge in [-0.1, -0.05) is 67.6 Å². The number of nitrogens with two attached hydrogens (primary N) is 1. The summed E-state index contributed by atoms with van der Waals surface area (Å²) in [4.78, 5) is 14.8. The highest BCUT2D eigenvalue weighted by Crippen LogP contribution is 2.29. The molecule has 3 atom stereocenters. The summed E-state index contributed by atoms with van der Waals surface area (Å²) in [6.07, 6.45) is 1.03. The Morgan fingerprint density at radius 3 is 2.35 bits per heavy atom. The first kappa shape index (κ1) is 15.8. The van der Waals surface area contributed by atoms with Crippen LogP contribution in [0.25, 0.3) is 0 Å². The Morgan fingerprint density at radius 1 is 1.09 bits per heavy atom. The molecule has 0 aromatic heterocycles. The van der Waals surface area contributed by atoms with Crippen LogP contribution >= 0.6 is 0 Å². The van der Waals surface area contributed by atoms with Crippen LogP contribution in [0.3, 0.4) is 0 Å². The molecule has 0 bridgehead atoms. The maximum Gasteiger partial charge on any atom is 0.227 e. The summed E-state index contributed by atoms with van der Waals surface area (Å²) in [7, 11) is 0. The van der Waals surface area contributed by atoms with Crippen LogP contribution in [0.5, 0.6) is 0 Å². The lowest BCUT2D eigenvalue weighted by Gasteiger charge is -2.25. The summed E-state index contributed by atoms with van der Waals surface area (Å²) in [5.41, 5.74) is 8.65. The van der Waals surface area contributed by atoms with Gasteiger partial charge in [0.25, 0.3) is 0 Å². The molecule has 0 radical (unpaired) electrons. The summed E-state index contributed by atoms with van der Waals surface area (Å²) in [6, 6.07) is 20.1. The third kappa shape index (κ3) is 3.45. The van der Waals surface area contributed by atoms with Gasteiger partial charge in [0.05, 0.1) is 5.92 Å². The van der Waals surface area contributed by atoms with Crippen LogP contribution in [0, 0.1) is 5.92 Å². The Labute approximate surface area is 138 Å². The summed E-state index contributed by atoms with van der Waals surface area (Å²) in [6.45, 7) is 3.56. The van der Waals surface area contributed by atoms with Gasteiger partial charge in [-0.15, -0.1) is 0 Å². The predicted octanol–water partition coefficient (Wildman–Crippen LogP) is 3.34. The van der Waals surface area contributed by atoms with Crippen molar-refractivity contribution >= 4 is 5.91 Å². The minimum atomic E-state index is -0.250. The molecule has 3 nitrogen and oxygen atoms in total. The van der Waals surface area contributed by atoms with Crippen LogP contribution in [-0.2, 0) is 4.79 Å². The van der Waals surface area contributed by atoms with Crippen molar-refractivity contribution in [1.82, 2.24) is 4.90 Å². The van der Waals surface area contributed by atoms with Gasteiger partial charge in [-0.25, -0.2) is 0 Å². The lowest BCUT2D eigenvalue weighted by molar-refractivity contribution is -0.134. The summed E-state index contributed by atoms with van der Waals surface area (Å²) >= 11 is 0. The molecule has 1 saturated heterocycles. The molecule has 2 aromatic carbocycles. The van der Waals surface area contributed by atoms with E-state index in [1.54, 1.807) is 0 Å². The van der Waals surface area contributed by atoms with E-state index < -0.39 is 0 Å². The molecule has 2 N–H and O–H groups in total. The maximum atomic E-state index is 12.8. The van der Waals surface area contributed by atoms with E-state index in [2.05, 4.69) is 24.3 Å². The van der Waals surface area contributed by atoms with E-state index in [4.69, 9.17) is 5.73 Å². The minimum Gasteiger partial charge on any atom is -0.342 e. The molecule has 2 aromatic rings. The van der Waals surface area contributed by atoms with Gasteiger partial charge in [-0.3, -0.25) is 4.79 Å². The number of benzene rings is 2. The van der Waals surface area contributed by atoms with E-state index in [0.29, 0.717) is 5.92 Å². The first-order valence-corrected chi connectivity index (χ1v) is 8.31. The van der Waals surface area contributed by atoms with Crippen LogP contribution in [0.1, 0.15) is 36.4 Å². The lowest BCUT2D eigenvalue weighted by Crippen LogP contribution is -2.38.